The van der Waals surface area contributed by atoms with Gasteiger partial charge < -0.3 is 10.6 Å². The minimum Gasteiger partial charge on any atom is -0.338 e. The summed E-state index contributed by atoms with van der Waals surface area (Å²) in [6.45, 7) is 5.34. The molecule has 6 heteroatoms. The Balaban J connectivity index is 1.24. The molecule has 0 spiro atoms. The van der Waals surface area contributed by atoms with Crippen molar-refractivity contribution in [1.82, 2.24) is 20.4 Å². The molecule has 5 nitrogen and oxygen atoms in total. The fourth-order valence-electron chi connectivity index (χ4n) is 5.87. The van der Waals surface area contributed by atoms with Crippen molar-refractivity contribution in [1.29, 1.82) is 0 Å². The lowest BCUT2D eigenvalue weighted by atomic mass is 9.53. The molecule has 0 aromatic carbocycles. The maximum atomic E-state index is 12.4. The van der Waals surface area contributed by atoms with Crippen LogP contribution in [-0.2, 0) is 6.54 Å². The summed E-state index contributed by atoms with van der Waals surface area (Å²) in [5, 5.41) is 11.6. The zero-order chi connectivity index (χ0) is 17.6. The van der Waals surface area contributed by atoms with Crippen molar-refractivity contribution in [2.24, 2.45) is 17.8 Å². The quantitative estimate of drug-likeness (QED) is 0.780. The number of nitrogens with one attached hydrogen (secondary N) is 2. The van der Waals surface area contributed by atoms with Crippen LogP contribution in [0, 0.1) is 31.6 Å². The van der Waals surface area contributed by atoms with Gasteiger partial charge in [-0.2, -0.15) is 5.10 Å². The molecule has 1 aromatic rings. The van der Waals surface area contributed by atoms with Crippen LogP contribution in [0.1, 0.15) is 56.3 Å². The van der Waals surface area contributed by atoms with Crippen LogP contribution in [-0.4, -0.2) is 27.9 Å². The molecule has 0 radical (unpaired) electrons. The minimum absolute atomic E-state index is 0.00773. The van der Waals surface area contributed by atoms with Crippen molar-refractivity contribution in [2.75, 3.05) is 6.54 Å². The summed E-state index contributed by atoms with van der Waals surface area (Å²) >= 11 is 6.17. The lowest BCUT2D eigenvalue weighted by Gasteiger charge is -2.56. The van der Waals surface area contributed by atoms with Gasteiger partial charge in [0.1, 0.15) is 0 Å². The fourth-order valence-corrected chi connectivity index (χ4v) is 6.01. The third-order valence-corrected chi connectivity index (χ3v) is 7.09. The monoisotopic (exact) mass is 364 g/mol. The molecule has 4 aliphatic carbocycles. The van der Waals surface area contributed by atoms with E-state index in [9.17, 15) is 4.79 Å². The first kappa shape index (κ1) is 17.2. The zero-order valence-corrected chi connectivity index (χ0v) is 16.0. The number of halogens is 1. The van der Waals surface area contributed by atoms with Gasteiger partial charge >= 0.3 is 6.03 Å². The Morgan fingerprint density at radius 1 is 1.20 bits per heavy atom. The highest BCUT2D eigenvalue weighted by Gasteiger charge is 2.51. The third-order valence-electron chi connectivity index (χ3n) is 6.54. The first-order valence-electron chi connectivity index (χ1n) is 9.69. The Hall–Kier alpha value is -1.23. The summed E-state index contributed by atoms with van der Waals surface area (Å²) in [4.78, 5) is 12.4. The molecule has 4 bridgehead atoms. The molecular formula is C19H29ClN4O. The second-order valence-corrected chi connectivity index (χ2v) is 9.02. The smallest absolute Gasteiger partial charge is 0.315 e. The first-order valence-corrected chi connectivity index (χ1v) is 10.1. The summed E-state index contributed by atoms with van der Waals surface area (Å²) in [6.07, 6.45) is 8.62. The van der Waals surface area contributed by atoms with E-state index in [1.54, 1.807) is 0 Å². The average Bonchev–Trinajstić information content (AvgIpc) is 2.77. The molecule has 1 heterocycles. The van der Waals surface area contributed by atoms with Crippen molar-refractivity contribution in [2.45, 2.75) is 70.9 Å². The summed E-state index contributed by atoms with van der Waals surface area (Å²) in [5.74, 6) is 2.55. The van der Waals surface area contributed by atoms with E-state index in [0.717, 1.165) is 47.1 Å². The lowest BCUT2D eigenvalue weighted by molar-refractivity contribution is -0.0135. The molecule has 2 N–H and O–H groups in total. The number of aromatic nitrogens is 2. The van der Waals surface area contributed by atoms with E-state index in [1.165, 1.54) is 38.5 Å². The Bertz CT molecular complexity index is 633. The van der Waals surface area contributed by atoms with Crippen LogP contribution in [0.4, 0.5) is 4.79 Å². The second kappa shape index (κ2) is 6.49. The predicted octanol–water partition coefficient (Wildman–Crippen LogP) is 3.81. The third kappa shape index (κ3) is 3.40. The van der Waals surface area contributed by atoms with Crippen molar-refractivity contribution in [3.63, 3.8) is 0 Å². The van der Waals surface area contributed by atoms with E-state index in [1.807, 2.05) is 18.5 Å². The molecule has 5 rings (SSSR count). The van der Waals surface area contributed by atoms with E-state index in [-0.39, 0.29) is 11.6 Å². The maximum absolute atomic E-state index is 12.4. The van der Waals surface area contributed by atoms with E-state index < -0.39 is 0 Å². The number of hydrogen-bond donors (Lipinski definition) is 2. The Kier molecular flexibility index (Phi) is 4.47. The van der Waals surface area contributed by atoms with E-state index >= 15 is 0 Å². The van der Waals surface area contributed by atoms with E-state index in [4.69, 9.17) is 11.6 Å². The van der Waals surface area contributed by atoms with Crippen molar-refractivity contribution < 1.29 is 4.79 Å². The van der Waals surface area contributed by atoms with Gasteiger partial charge in [-0.1, -0.05) is 11.6 Å². The van der Waals surface area contributed by atoms with Crippen LogP contribution in [0.2, 0.25) is 5.02 Å². The van der Waals surface area contributed by atoms with Crippen LogP contribution in [0.15, 0.2) is 0 Å². The largest absolute Gasteiger partial charge is 0.338 e. The Morgan fingerprint density at radius 2 is 1.80 bits per heavy atom. The molecule has 4 saturated carbocycles. The van der Waals surface area contributed by atoms with Gasteiger partial charge in [0.15, 0.2) is 0 Å². The number of urea groups is 1. The molecule has 0 atom stereocenters. The van der Waals surface area contributed by atoms with Crippen molar-refractivity contribution in [3.05, 3.63) is 16.4 Å². The van der Waals surface area contributed by atoms with Crippen LogP contribution in [0.3, 0.4) is 0 Å². The Labute approximate surface area is 154 Å². The van der Waals surface area contributed by atoms with E-state index in [0.29, 0.717) is 6.54 Å². The van der Waals surface area contributed by atoms with Gasteiger partial charge in [0.2, 0.25) is 0 Å². The normalized spacial score (nSPS) is 32.8. The van der Waals surface area contributed by atoms with Gasteiger partial charge in [0.25, 0.3) is 0 Å². The summed E-state index contributed by atoms with van der Waals surface area (Å²) in [7, 11) is 0. The molecular weight excluding hydrogens is 336 g/mol. The number of carbonyl (C=O) groups is 1. The maximum Gasteiger partial charge on any atom is 0.315 e. The topological polar surface area (TPSA) is 59.0 Å². The first-order chi connectivity index (χ1) is 11.9. The molecule has 4 fully saturated rings. The SMILES string of the molecule is Cc1nn(CCCNC(=O)NC23CC4CC(CC(C4)C2)C3)c(C)c1Cl. The van der Waals surface area contributed by atoms with Crippen LogP contribution in [0.25, 0.3) is 0 Å². The number of carbonyl (C=O) groups excluding carboxylic acids is 1. The van der Waals surface area contributed by atoms with Gasteiger partial charge in [0, 0.05) is 18.6 Å². The molecule has 0 aliphatic heterocycles. The minimum atomic E-state index is 0.00773. The van der Waals surface area contributed by atoms with Gasteiger partial charge in [0.05, 0.1) is 16.4 Å². The summed E-state index contributed by atoms with van der Waals surface area (Å²) in [5.41, 5.74) is 1.95. The summed E-state index contributed by atoms with van der Waals surface area (Å²) < 4.78 is 1.93. The van der Waals surface area contributed by atoms with Crippen LogP contribution >= 0.6 is 11.6 Å². The van der Waals surface area contributed by atoms with Gasteiger partial charge in [-0.15, -0.1) is 0 Å². The number of nitrogens with zero attached hydrogens (tertiary/aromatic N) is 2. The number of aryl methyl sites for hydroxylation is 2. The molecule has 0 saturated heterocycles. The highest BCUT2D eigenvalue weighted by Crippen LogP contribution is 2.55. The van der Waals surface area contributed by atoms with E-state index in [2.05, 4.69) is 15.7 Å². The zero-order valence-electron chi connectivity index (χ0n) is 15.3. The van der Waals surface area contributed by atoms with Crippen molar-refractivity contribution >= 4 is 17.6 Å². The number of hydrogen-bond acceptors (Lipinski definition) is 2. The molecule has 1 aromatic heterocycles. The molecule has 2 amide bonds. The summed E-state index contributed by atoms with van der Waals surface area (Å²) in [6, 6.07) is 0.00773. The fraction of sp³-hybridized carbons (Fsp3) is 0.789. The molecule has 138 valence electrons. The lowest BCUT2D eigenvalue weighted by Crippen LogP contribution is -2.61. The van der Waals surface area contributed by atoms with Gasteiger partial charge in [-0.25, -0.2) is 4.79 Å². The standard InChI is InChI=1S/C19H29ClN4O/c1-12-17(20)13(2)24(23-12)5-3-4-21-18(25)22-19-9-14-6-15(10-19)8-16(7-14)11-19/h14-16H,3-11H2,1-2H3,(H2,21,22,25). The van der Waals surface area contributed by atoms with Gasteiger partial charge in [-0.3, -0.25) is 4.68 Å². The second-order valence-electron chi connectivity index (χ2n) is 8.64. The van der Waals surface area contributed by atoms with Gasteiger partial charge in [-0.05, 0) is 76.5 Å². The number of rotatable bonds is 5. The Morgan fingerprint density at radius 3 is 2.32 bits per heavy atom. The average molecular weight is 365 g/mol. The highest BCUT2D eigenvalue weighted by molar-refractivity contribution is 6.31. The van der Waals surface area contributed by atoms with Crippen LogP contribution in [0.5, 0.6) is 0 Å². The molecule has 0 unspecified atom stereocenters. The predicted molar refractivity (Wildman–Crippen MR) is 98.8 cm³/mol. The number of amides is 2. The molecule has 4 aliphatic rings. The molecule has 25 heavy (non-hydrogen) atoms. The van der Waals surface area contributed by atoms with Crippen LogP contribution < -0.4 is 10.6 Å². The van der Waals surface area contributed by atoms with Crippen molar-refractivity contribution in [3.8, 4) is 0 Å². The highest BCUT2D eigenvalue weighted by atomic mass is 35.5.